The second kappa shape index (κ2) is 7.33. The molecule has 0 saturated carbocycles. The number of hydrogen-bond donors (Lipinski definition) is 1. The van der Waals surface area contributed by atoms with Gasteiger partial charge in [0.25, 0.3) is 0 Å². The van der Waals surface area contributed by atoms with Gasteiger partial charge in [-0.2, -0.15) is 0 Å². The number of nitrogens with one attached hydrogen (secondary N) is 1. The highest BCUT2D eigenvalue weighted by atomic mass is 14.9. The van der Waals surface area contributed by atoms with E-state index in [2.05, 4.69) is 39.8 Å². The predicted molar refractivity (Wildman–Crippen MR) is 68.1 cm³/mol. The first kappa shape index (κ1) is 14.0. The average Bonchev–Trinajstić information content (AvgIpc) is 2.07. The van der Waals surface area contributed by atoms with Crippen molar-refractivity contribution in [1.82, 2.24) is 5.23 Å². The van der Waals surface area contributed by atoms with Gasteiger partial charge in [-0.3, -0.25) is 0 Å². The molecule has 0 spiro atoms. The highest BCUT2D eigenvalue weighted by Crippen LogP contribution is 2.11. The van der Waals surface area contributed by atoms with Crippen molar-refractivity contribution in [3.63, 3.8) is 0 Å². The van der Waals surface area contributed by atoms with Gasteiger partial charge in [0.1, 0.15) is 0 Å². The monoisotopic (exact) mass is 197 g/mol. The van der Waals surface area contributed by atoms with E-state index in [0.717, 1.165) is 6.85 Å². The van der Waals surface area contributed by atoms with E-state index in [1.54, 1.807) is 0 Å². The van der Waals surface area contributed by atoms with Crippen LogP contribution < -0.4 is 5.23 Å². The fourth-order valence-electron chi connectivity index (χ4n) is 1.80. The second-order valence-corrected chi connectivity index (χ2v) is 5.38. The molecule has 0 aromatic rings. The third kappa shape index (κ3) is 8.62. The summed E-state index contributed by atoms with van der Waals surface area (Å²) in [6, 6.07) is 0. The molecule has 0 aliphatic heterocycles. The van der Waals surface area contributed by atoms with Gasteiger partial charge in [0, 0.05) is 0 Å². The lowest BCUT2D eigenvalue weighted by atomic mass is 9.53. The van der Waals surface area contributed by atoms with Crippen LogP contribution in [0, 0.1) is 0 Å². The van der Waals surface area contributed by atoms with Crippen molar-refractivity contribution in [3.8, 4) is 0 Å². The van der Waals surface area contributed by atoms with Gasteiger partial charge >= 0.3 is 0 Å². The molecule has 0 aromatic carbocycles. The van der Waals surface area contributed by atoms with Crippen LogP contribution in [0.5, 0.6) is 0 Å². The molecule has 0 fully saturated rings. The second-order valence-electron chi connectivity index (χ2n) is 5.38. The van der Waals surface area contributed by atoms with E-state index in [4.69, 9.17) is 0 Å². The maximum atomic E-state index is 3.73. The van der Waals surface area contributed by atoms with Crippen LogP contribution in [-0.4, -0.2) is 12.4 Å². The van der Waals surface area contributed by atoms with Crippen LogP contribution in [0.2, 0.25) is 12.6 Å². The Bertz CT molecular complexity index is 121. The molecule has 2 heteroatoms. The van der Waals surface area contributed by atoms with E-state index in [1.807, 2.05) is 0 Å². The molecule has 0 heterocycles. The largest absolute Gasteiger partial charge is 0.351 e. The summed E-state index contributed by atoms with van der Waals surface area (Å²) in [5.41, 5.74) is 0.270. The molecule has 0 amide bonds. The van der Waals surface area contributed by atoms with Crippen LogP contribution in [0.4, 0.5) is 0 Å². The van der Waals surface area contributed by atoms with Gasteiger partial charge in [-0.1, -0.05) is 52.2 Å². The van der Waals surface area contributed by atoms with Gasteiger partial charge in [0.2, 0.25) is 6.85 Å². The molecular weight excluding hydrogens is 169 g/mol. The van der Waals surface area contributed by atoms with Crippen LogP contribution >= 0.6 is 0 Å². The predicted octanol–water partition coefficient (Wildman–Crippen LogP) is 3.97. The van der Waals surface area contributed by atoms with Crippen molar-refractivity contribution in [2.45, 2.75) is 78.5 Å². The molecule has 0 rings (SSSR count). The van der Waals surface area contributed by atoms with E-state index >= 15 is 0 Å². The zero-order valence-corrected chi connectivity index (χ0v) is 10.8. The van der Waals surface area contributed by atoms with E-state index in [1.165, 1.54) is 38.3 Å². The van der Waals surface area contributed by atoms with E-state index < -0.39 is 0 Å². The zero-order chi connectivity index (χ0) is 11.0. The smallest absolute Gasteiger partial charge is 0.220 e. The summed E-state index contributed by atoms with van der Waals surface area (Å²) in [5.74, 6) is 0. The van der Waals surface area contributed by atoms with Gasteiger partial charge in [-0.05, 0) is 26.3 Å². The Kier molecular flexibility index (Phi) is 7.35. The molecule has 0 saturated heterocycles. The normalized spacial score (nSPS) is 11.8. The Morgan fingerprint density at radius 2 is 1.36 bits per heavy atom. The van der Waals surface area contributed by atoms with Crippen LogP contribution in [0.1, 0.15) is 60.3 Å². The maximum Gasteiger partial charge on any atom is 0.220 e. The molecular formula is C12H28BN. The SMILES string of the molecule is CCCCB(CCCC)NC(C)(C)C. The Hall–Kier alpha value is 0.0249. The summed E-state index contributed by atoms with van der Waals surface area (Å²) >= 11 is 0. The molecule has 0 unspecified atom stereocenters. The molecule has 14 heavy (non-hydrogen) atoms. The molecule has 0 aliphatic carbocycles. The summed E-state index contributed by atoms with van der Waals surface area (Å²) < 4.78 is 0. The lowest BCUT2D eigenvalue weighted by Gasteiger charge is -2.26. The average molecular weight is 197 g/mol. The van der Waals surface area contributed by atoms with Gasteiger partial charge in [0.15, 0.2) is 0 Å². The van der Waals surface area contributed by atoms with Gasteiger partial charge in [0.05, 0.1) is 0 Å². The summed E-state index contributed by atoms with van der Waals surface area (Å²) in [7, 11) is 0. The van der Waals surface area contributed by atoms with Crippen LogP contribution in [0.25, 0.3) is 0 Å². The molecule has 0 aromatic heterocycles. The van der Waals surface area contributed by atoms with E-state index in [0.29, 0.717) is 0 Å². The third-order valence-electron chi connectivity index (χ3n) is 2.45. The highest BCUT2D eigenvalue weighted by molar-refractivity contribution is 6.56. The molecule has 1 nitrogen and oxygen atoms in total. The third-order valence-corrected chi connectivity index (χ3v) is 2.45. The molecule has 0 bridgehead atoms. The summed E-state index contributed by atoms with van der Waals surface area (Å²) in [6.07, 6.45) is 8.03. The zero-order valence-electron chi connectivity index (χ0n) is 10.8. The van der Waals surface area contributed by atoms with E-state index in [-0.39, 0.29) is 5.54 Å². The van der Waals surface area contributed by atoms with Gasteiger partial charge < -0.3 is 5.23 Å². The maximum absolute atomic E-state index is 3.73. The van der Waals surface area contributed by atoms with Crippen LogP contribution in [0.3, 0.4) is 0 Å². The first-order valence-electron chi connectivity index (χ1n) is 6.27. The molecule has 0 radical (unpaired) electrons. The fraction of sp³-hybridized carbons (Fsp3) is 1.00. The quantitative estimate of drug-likeness (QED) is 0.609. The Balaban J connectivity index is 3.84. The van der Waals surface area contributed by atoms with Crippen molar-refractivity contribution in [3.05, 3.63) is 0 Å². The Morgan fingerprint density at radius 1 is 0.929 bits per heavy atom. The summed E-state index contributed by atoms with van der Waals surface area (Å²) in [6.45, 7) is 12.1. The van der Waals surface area contributed by atoms with E-state index in [9.17, 15) is 0 Å². The fourth-order valence-corrected chi connectivity index (χ4v) is 1.80. The topological polar surface area (TPSA) is 12.0 Å². The number of hydrogen-bond acceptors (Lipinski definition) is 1. The van der Waals surface area contributed by atoms with Crippen molar-refractivity contribution < 1.29 is 0 Å². The minimum absolute atomic E-state index is 0.270. The number of unbranched alkanes of at least 4 members (excludes halogenated alkanes) is 2. The lowest BCUT2D eigenvalue weighted by molar-refractivity contribution is 0.513. The number of rotatable bonds is 7. The first-order valence-corrected chi connectivity index (χ1v) is 6.27. The van der Waals surface area contributed by atoms with Crippen molar-refractivity contribution in [1.29, 1.82) is 0 Å². The van der Waals surface area contributed by atoms with Crippen molar-refractivity contribution >= 4 is 6.85 Å². The van der Waals surface area contributed by atoms with Crippen molar-refractivity contribution in [2.24, 2.45) is 0 Å². The summed E-state index contributed by atoms with van der Waals surface area (Å²) in [4.78, 5) is 0. The Morgan fingerprint density at radius 3 is 1.64 bits per heavy atom. The lowest BCUT2D eigenvalue weighted by Crippen LogP contribution is -2.46. The standard InChI is InChI=1S/C12H28BN/c1-6-8-10-13(11-9-7-2)14-12(3,4)5/h14H,6-11H2,1-5H3. The van der Waals surface area contributed by atoms with Gasteiger partial charge in [-0.15, -0.1) is 0 Å². The molecule has 0 atom stereocenters. The van der Waals surface area contributed by atoms with Crippen molar-refractivity contribution in [2.75, 3.05) is 0 Å². The van der Waals surface area contributed by atoms with Gasteiger partial charge in [-0.25, -0.2) is 0 Å². The highest BCUT2D eigenvalue weighted by Gasteiger charge is 2.19. The van der Waals surface area contributed by atoms with Crippen LogP contribution in [-0.2, 0) is 0 Å². The van der Waals surface area contributed by atoms with Crippen LogP contribution in [0.15, 0.2) is 0 Å². The molecule has 84 valence electrons. The molecule has 0 aliphatic rings. The Labute approximate surface area is 91.1 Å². The minimum Gasteiger partial charge on any atom is -0.351 e. The summed E-state index contributed by atoms with van der Waals surface area (Å²) in [5, 5.41) is 3.73. The molecule has 1 N–H and O–H groups in total. The first-order chi connectivity index (χ1) is 6.49. The minimum atomic E-state index is 0.270.